The number of imidazole rings is 1. The van der Waals surface area contributed by atoms with Gasteiger partial charge in [0, 0.05) is 19.5 Å². The van der Waals surface area contributed by atoms with Crippen LogP contribution in [-0.4, -0.2) is 22.0 Å². The number of benzene rings is 1. The molecule has 19 heavy (non-hydrogen) atoms. The van der Waals surface area contributed by atoms with Crippen LogP contribution < -0.4 is 11.1 Å². The average molecular weight is 260 g/mol. The lowest BCUT2D eigenvalue weighted by Gasteiger charge is -2.09. The number of aromatic nitrogens is 2. The largest absolute Gasteiger partial charge is 0.369 e. The van der Waals surface area contributed by atoms with Crippen LogP contribution in [-0.2, 0) is 11.3 Å². The highest BCUT2D eigenvalue weighted by atomic mass is 16.1. The van der Waals surface area contributed by atoms with E-state index in [2.05, 4.69) is 24.1 Å². The van der Waals surface area contributed by atoms with Gasteiger partial charge in [0.1, 0.15) is 0 Å². The zero-order chi connectivity index (χ0) is 13.8. The van der Waals surface area contributed by atoms with Crippen LogP contribution in [0.5, 0.6) is 0 Å². The van der Waals surface area contributed by atoms with Gasteiger partial charge >= 0.3 is 0 Å². The molecule has 2 aromatic rings. The average Bonchev–Trinajstić information content (AvgIpc) is 2.69. The predicted octanol–water partition coefficient (Wildman–Crippen LogP) is 1.78. The molecule has 1 amide bonds. The highest BCUT2D eigenvalue weighted by molar-refractivity contribution is 5.79. The van der Waals surface area contributed by atoms with Gasteiger partial charge in [-0.1, -0.05) is 26.0 Å². The number of carbonyl (C=O) groups excluding carboxylic acids is 1. The molecule has 2 rings (SSSR count). The molecule has 102 valence electrons. The molecule has 1 aromatic heterocycles. The third-order valence-corrected chi connectivity index (χ3v) is 2.95. The third kappa shape index (κ3) is 3.24. The number of nitrogens with zero attached hydrogens (tertiary/aromatic N) is 2. The van der Waals surface area contributed by atoms with E-state index in [9.17, 15) is 4.79 Å². The van der Waals surface area contributed by atoms with Crippen molar-refractivity contribution in [2.24, 2.45) is 5.92 Å². The van der Waals surface area contributed by atoms with Crippen molar-refractivity contribution in [1.29, 1.82) is 0 Å². The second-order valence-electron chi connectivity index (χ2n) is 5.06. The number of fused-ring (bicyclic) bond motifs is 1. The summed E-state index contributed by atoms with van der Waals surface area (Å²) in [6.07, 6.45) is 0.414. The van der Waals surface area contributed by atoms with Crippen LogP contribution >= 0.6 is 0 Å². The number of carbonyl (C=O) groups is 1. The first-order chi connectivity index (χ1) is 9.08. The van der Waals surface area contributed by atoms with E-state index in [4.69, 9.17) is 5.73 Å². The molecule has 0 fully saturated rings. The van der Waals surface area contributed by atoms with Crippen LogP contribution in [0.1, 0.15) is 20.3 Å². The van der Waals surface area contributed by atoms with Crippen LogP contribution in [0.4, 0.5) is 5.95 Å². The molecule has 0 aliphatic heterocycles. The van der Waals surface area contributed by atoms with Gasteiger partial charge in [0.25, 0.3) is 0 Å². The number of amides is 1. The van der Waals surface area contributed by atoms with Gasteiger partial charge in [-0.3, -0.25) is 4.79 Å². The minimum Gasteiger partial charge on any atom is -0.369 e. The molecule has 0 aliphatic rings. The van der Waals surface area contributed by atoms with Gasteiger partial charge in [-0.25, -0.2) is 4.98 Å². The fraction of sp³-hybridized carbons (Fsp3) is 0.429. The summed E-state index contributed by atoms with van der Waals surface area (Å²) in [4.78, 5) is 16.0. The molecule has 1 aromatic carbocycles. The Morgan fingerprint density at radius 3 is 2.89 bits per heavy atom. The van der Waals surface area contributed by atoms with Crippen molar-refractivity contribution in [2.75, 3.05) is 12.3 Å². The summed E-state index contributed by atoms with van der Waals surface area (Å²) in [5.41, 5.74) is 7.71. The highest BCUT2D eigenvalue weighted by Gasteiger charge is 2.09. The van der Waals surface area contributed by atoms with Crippen molar-refractivity contribution >= 4 is 22.9 Å². The smallest absolute Gasteiger partial charge is 0.221 e. The lowest BCUT2D eigenvalue weighted by Crippen LogP contribution is -2.28. The minimum absolute atomic E-state index is 0.0471. The summed E-state index contributed by atoms with van der Waals surface area (Å²) in [5.74, 6) is 0.965. The molecule has 0 radical (unpaired) electrons. The first-order valence-electron chi connectivity index (χ1n) is 6.55. The molecular weight excluding hydrogens is 240 g/mol. The van der Waals surface area contributed by atoms with Gasteiger partial charge in [-0.15, -0.1) is 0 Å². The maximum absolute atomic E-state index is 11.7. The van der Waals surface area contributed by atoms with E-state index >= 15 is 0 Å². The molecule has 0 spiro atoms. The summed E-state index contributed by atoms with van der Waals surface area (Å²) < 4.78 is 1.88. The van der Waals surface area contributed by atoms with Crippen molar-refractivity contribution < 1.29 is 4.79 Å². The summed E-state index contributed by atoms with van der Waals surface area (Å²) in [5, 5.41) is 2.90. The summed E-state index contributed by atoms with van der Waals surface area (Å²) in [6.45, 7) is 5.40. The molecule has 0 aliphatic carbocycles. The summed E-state index contributed by atoms with van der Waals surface area (Å²) in [7, 11) is 0. The number of nitrogen functional groups attached to an aromatic ring is 1. The van der Waals surface area contributed by atoms with Crippen LogP contribution in [0, 0.1) is 5.92 Å². The fourth-order valence-electron chi connectivity index (χ4n) is 1.95. The van der Waals surface area contributed by atoms with Crippen molar-refractivity contribution in [2.45, 2.75) is 26.8 Å². The highest BCUT2D eigenvalue weighted by Crippen LogP contribution is 2.17. The van der Waals surface area contributed by atoms with Crippen LogP contribution in [0.2, 0.25) is 0 Å². The Kier molecular flexibility index (Phi) is 4.04. The Bertz CT molecular complexity index is 574. The second kappa shape index (κ2) is 5.73. The second-order valence-corrected chi connectivity index (χ2v) is 5.06. The zero-order valence-corrected chi connectivity index (χ0v) is 11.4. The van der Waals surface area contributed by atoms with Gasteiger partial charge in [0.15, 0.2) is 0 Å². The molecule has 0 saturated heterocycles. The lowest BCUT2D eigenvalue weighted by atomic mass is 10.2. The Balaban J connectivity index is 2.01. The lowest BCUT2D eigenvalue weighted by molar-refractivity contribution is -0.121. The van der Waals surface area contributed by atoms with Crippen molar-refractivity contribution in [1.82, 2.24) is 14.9 Å². The molecule has 0 saturated carbocycles. The number of rotatable bonds is 5. The third-order valence-electron chi connectivity index (χ3n) is 2.95. The van der Waals surface area contributed by atoms with E-state index in [1.165, 1.54) is 0 Å². The van der Waals surface area contributed by atoms with E-state index in [1.807, 2.05) is 28.8 Å². The van der Waals surface area contributed by atoms with E-state index in [0.717, 1.165) is 11.0 Å². The van der Waals surface area contributed by atoms with Gasteiger partial charge in [-0.05, 0) is 18.1 Å². The molecule has 3 N–H and O–H groups in total. The fourth-order valence-corrected chi connectivity index (χ4v) is 1.95. The van der Waals surface area contributed by atoms with E-state index in [-0.39, 0.29) is 5.91 Å². The maximum atomic E-state index is 11.7. The van der Waals surface area contributed by atoms with Gasteiger partial charge in [0.05, 0.1) is 11.0 Å². The van der Waals surface area contributed by atoms with Crippen molar-refractivity contribution in [3.05, 3.63) is 24.3 Å². The number of hydrogen-bond acceptors (Lipinski definition) is 3. The first-order valence-corrected chi connectivity index (χ1v) is 6.55. The number of nitrogens with one attached hydrogen (secondary N) is 1. The van der Waals surface area contributed by atoms with Crippen LogP contribution in [0.15, 0.2) is 24.3 Å². The number of aryl methyl sites for hydroxylation is 1. The SMILES string of the molecule is CC(C)CNC(=O)CCn1c(N)nc2ccccc21. The van der Waals surface area contributed by atoms with E-state index in [1.54, 1.807) is 0 Å². The maximum Gasteiger partial charge on any atom is 0.221 e. The molecule has 0 bridgehead atoms. The van der Waals surface area contributed by atoms with Gasteiger partial charge in [-0.2, -0.15) is 0 Å². The normalized spacial score (nSPS) is 11.1. The van der Waals surface area contributed by atoms with E-state index < -0.39 is 0 Å². The molecule has 0 atom stereocenters. The Morgan fingerprint density at radius 1 is 1.42 bits per heavy atom. The van der Waals surface area contributed by atoms with Crippen LogP contribution in [0.3, 0.4) is 0 Å². The number of hydrogen-bond donors (Lipinski definition) is 2. The zero-order valence-electron chi connectivity index (χ0n) is 11.4. The summed E-state index contributed by atoms with van der Waals surface area (Å²) >= 11 is 0. The number of nitrogens with two attached hydrogens (primary N) is 1. The Morgan fingerprint density at radius 2 is 2.16 bits per heavy atom. The Hall–Kier alpha value is -2.04. The molecule has 0 unspecified atom stereocenters. The summed E-state index contributed by atoms with van der Waals surface area (Å²) in [6, 6.07) is 7.75. The first kappa shape index (κ1) is 13.4. The van der Waals surface area contributed by atoms with Gasteiger partial charge < -0.3 is 15.6 Å². The number of para-hydroxylation sites is 2. The molecular formula is C14H20N4O. The van der Waals surface area contributed by atoms with Crippen molar-refractivity contribution in [3.63, 3.8) is 0 Å². The quantitative estimate of drug-likeness (QED) is 0.860. The van der Waals surface area contributed by atoms with E-state index in [0.29, 0.717) is 31.4 Å². The van der Waals surface area contributed by atoms with Gasteiger partial charge in [0.2, 0.25) is 11.9 Å². The molecule has 5 heteroatoms. The standard InChI is InChI=1S/C14H20N4O/c1-10(2)9-16-13(19)7-8-18-12-6-4-3-5-11(12)17-14(18)15/h3-6,10H,7-9H2,1-2H3,(H2,15,17)(H,16,19). The monoisotopic (exact) mass is 260 g/mol. The number of anilines is 1. The van der Waals surface area contributed by atoms with Crippen molar-refractivity contribution in [3.8, 4) is 0 Å². The molecule has 1 heterocycles. The molecule has 5 nitrogen and oxygen atoms in total. The topological polar surface area (TPSA) is 72.9 Å². The Labute approximate surface area is 112 Å². The minimum atomic E-state index is 0.0471. The predicted molar refractivity (Wildman–Crippen MR) is 76.6 cm³/mol. The van der Waals surface area contributed by atoms with Crippen LogP contribution in [0.25, 0.3) is 11.0 Å².